The molecule has 0 saturated carbocycles. The number of hydrogen-bond donors (Lipinski definition) is 0. The van der Waals surface area contributed by atoms with E-state index in [0.29, 0.717) is 6.54 Å². The minimum Gasteiger partial charge on any atom is -0.333 e. The lowest BCUT2D eigenvalue weighted by Gasteiger charge is -2.11. The van der Waals surface area contributed by atoms with Crippen LogP contribution in [-0.2, 0) is 11.3 Å². The Balaban J connectivity index is 1.40. The molecule has 0 saturated heterocycles. The van der Waals surface area contributed by atoms with E-state index < -0.39 is 0 Å². The number of aromatic nitrogens is 2. The van der Waals surface area contributed by atoms with Crippen molar-refractivity contribution in [2.75, 3.05) is 0 Å². The average Bonchev–Trinajstić information content (AvgIpc) is 3.57. The van der Waals surface area contributed by atoms with E-state index in [1.54, 1.807) is 11.3 Å². The van der Waals surface area contributed by atoms with Crippen molar-refractivity contribution in [3.8, 4) is 21.7 Å². The van der Waals surface area contributed by atoms with Gasteiger partial charge in [0.15, 0.2) is 0 Å². The summed E-state index contributed by atoms with van der Waals surface area (Å²) >= 11 is 1.72. The summed E-state index contributed by atoms with van der Waals surface area (Å²) in [6, 6.07) is 40.7. The van der Waals surface area contributed by atoms with Crippen molar-refractivity contribution >= 4 is 71.2 Å². The number of thiazole rings is 1. The number of hydrogen-bond acceptors (Lipinski definition) is 3. The number of rotatable bonds is 4. The molecule has 0 aliphatic carbocycles. The normalized spacial score (nSPS) is 11.8. The molecule has 0 radical (unpaired) electrons. The maximum atomic E-state index is 11.8. The predicted octanol–water partition coefficient (Wildman–Crippen LogP) is 9.24. The van der Waals surface area contributed by atoms with E-state index in [1.807, 2.05) is 6.07 Å². The lowest BCUT2D eigenvalue weighted by Crippen LogP contribution is -1.99. The predicted molar refractivity (Wildman–Crippen MR) is 165 cm³/mol. The summed E-state index contributed by atoms with van der Waals surface area (Å²) in [6.45, 7) is 0.318. The topological polar surface area (TPSA) is 34.9 Å². The van der Waals surface area contributed by atoms with Crippen LogP contribution in [0.3, 0.4) is 0 Å². The fourth-order valence-electron chi connectivity index (χ4n) is 6.02. The highest BCUT2D eigenvalue weighted by Gasteiger charge is 2.18. The second kappa shape index (κ2) is 8.62. The molecule has 2 heterocycles. The van der Waals surface area contributed by atoms with E-state index >= 15 is 0 Å². The molecular formula is C35H22N2OS. The molecule has 8 rings (SSSR count). The summed E-state index contributed by atoms with van der Waals surface area (Å²) in [6.07, 6.45) is 0.998. The Kier molecular flexibility index (Phi) is 4.91. The van der Waals surface area contributed by atoms with Gasteiger partial charge in [-0.25, -0.2) is 4.98 Å². The molecule has 0 unspecified atom stereocenters. The van der Waals surface area contributed by atoms with Gasteiger partial charge in [-0.05, 0) is 51.6 Å². The molecule has 8 aromatic rings. The molecule has 0 aliphatic heterocycles. The Morgan fingerprint density at radius 2 is 1.41 bits per heavy atom. The van der Waals surface area contributed by atoms with Crippen LogP contribution in [0.5, 0.6) is 0 Å². The smallest absolute Gasteiger partial charge is 0.139 e. The van der Waals surface area contributed by atoms with Crippen LogP contribution >= 0.6 is 11.3 Å². The van der Waals surface area contributed by atoms with E-state index in [9.17, 15) is 4.79 Å². The van der Waals surface area contributed by atoms with Crippen molar-refractivity contribution in [2.24, 2.45) is 0 Å². The first-order chi connectivity index (χ1) is 19.3. The Labute approximate surface area is 228 Å². The van der Waals surface area contributed by atoms with Gasteiger partial charge in [-0.1, -0.05) is 91.0 Å². The zero-order chi connectivity index (χ0) is 25.9. The molecule has 0 N–H and O–H groups in total. The van der Waals surface area contributed by atoms with Crippen LogP contribution in [-0.4, -0.2) is 15.8 Å². The van der Waals surface area contributed by atoms with Crippen LogP contribution in [0.25, 0.3) is 75.3 Å². The summed E-state index contributed by atoms with van der Waals surface area (Å²) in [7, 11) is 0. The molecule has 3 nitrogen and oxygen atoms in total. The van der Waals surface area contributed by atoms with Crippen molar-refractivity contribution in [3.05, 3.63) is 115 Å². The summed E-state index contributed by atoms with van der Waals surface area (Å²) in [5.41, 5.74) is 6.71. The highest BCUT2D eigenvalue weighted by atomic mass is 32.1. The minimum atomic E-state index is 0.318. The van der Waals surface area contributed by atoms with Gasteiger partial charge in [-0.2, -0.15) is 0 Å². The van der Waals surface area contributed by atoms with Crippen molar-refractivity contribution in [1.29, 1.82) is 0 Å². The van der Waals surface area contributed by atoms with Gasteiger partial charge < -0.3 is 9.36 Å². The summed E-state index contributed by atoms with van der Waals surface area (Å²) in [5.74, 6) is 0. The van der Waals surface area contributed by atoms with E-state index in [4.69, 9.17) is 4.98 Å². The second-order valence-electron chi connectivity index (χ2n) is 9.89. The highest BCUT2D eigenvalue weighted by Crippen LogP contribution is 2.42. The van der Waals surface area contributed by atoms with E-state index in [-0.39, 0.29) is 0 Å². The highest BCUT2D eigenvalue weighted by molar-refractivity contribution is 7.21. The SMILES string of the molecule is O=CCn1c2ccc3ccccc3c2c2cc(-c3ccc(-c4nc5ccccc5s4)cc3)c3ccccc3c21. The number of benzene rings is 6. The number of carbonyl (C=O) groups excluding carboxylic acids is 1. The van der Waals surface area contributed by atoms with Gasteiger partial charge in [-0.15, -0.1) is 11.3 Å². The minimum absolute atomic E-state index is 0.318. The van der Waals surface area contributed by atoms with Gasteiger partial charge in [-0.3, -0.25) is 0 Å². The second-order valence-corrected chi connectivity index (χ2v) is 10.9. The average molecular weight is 519 g/mol. The Morgan fingerprint density at radius 1 is 0.692 bits per heavy atom. The van der Waals surface area contributed by atoms with E-state index in [1.165, 1.54) is 37.2 Å². The number of fused-ring (bicyclic) bond motifs is 8. The summed E-state index contributed by atoms with van der Waals surface area (Å²) in [5, 5.41) is 8.14. The molecule has 0 atom stereocenters. The lowest BCUT2D eigenvalue weighted by molar-refractivity contribution is -0.108. The lowest BCUT2D eigenvalue weighted by atomic mass is 9.94. The molecule has 0 amide bonds. The zero-order valence-electron chi connectivity index (χ0n) is 21.0. The molecule has 39 heavy (non-hydrogen) atoms. The molecule has 0 aliphatic rings. The maximum Gasteiger partial charge on any atom is 0.139 e. The monoisotopic (exact) mass is 518 g/mol. The number of carbonyl (C=O) groups is 1. The summed E-state index contributed by atoms with van der Waals surface area (Å²) in [4.78, 5) is 16.7. The molecule has 2 aromatic heterocycles. The third kappa shape index (κ3) is 3.35. The Morgan fingerprint density at radius 3 is 2.23 bits per heavy atom. The number of nitrogens with zero attached hydrogens (tertiary/aromatic N) is 2. The maximum absolute atomic E-state index is 11.8. The van der Waals surface area contributed by atoms with Crippen LogP contribution in [0.1, 0.15) is 0 Å². The van der Waals surface area contributed by atoms with Gasteiger partial charge in [0.1, 0.15) is 11.3 Å². The molecule has 0 fully saturated rings. The standard InChI is InChI=1S/C35H22N2OS/c38-20-19-37-31-18-17-22-7-1-2-8-25(22)33(31)29-21-28(26-9-3-4-10-27(26)34(29)37)23-13-15-24(16-14-23)35-36-30-11-5-6-12-32(30)39-35/h1-18,20-21H,19H2. The first-order valence-corrected chi connectivity index (χ1v) is 13.9. The van der Waals surface area contributed by atoms with Crippen LogP contribution in [0.15, 0.2) is 115 Å². The van der Waals surface area contributed by atoms with Gasteiger partial charge >= 0.3 is 0 Å². The van der Waals surface area contributed by atoms with Crippen LogP contribution < -0.4 is 0 Å². The van der Waals surface area contributed by atoms with Gasteiger partial charge in [0.2, 0.25) is 0 Å². The first-order valence-electron chi connectivity index (χ1n) is 13.1. The van der Waals surface area contributed by atoms with Crippen molar-refractivity contribution in [3.63, 3.8) is 0 Å². The van der Waals surface area contributed by atoms with Crippen LogP contribution in [0, 0.1) is 0 Å². The molecule has 0 spiro atoms. The fourth-order valence-corrected chi connectivity index (χ4v) is 6.99. The largest absolute Gasteiger partial charge is 0.333 e. The first kappa shape index (κ1) is 22.2. The van der Waals surface area contributed by atoms with Gasteiger partial charge in [0.05, 0.1) is 27.8 Å². The molecule has 4 heteroatoms. The Hall–Kier alpha value is -4.80. The van der Waals surface area contributed by atoms with Gasteiger partial charge in [0.25, 0.3) is 0 Å². The third-order valence-electron chi connectivity index (χ3n) is 7.75. The Bertz CT molecular complexity index is 2190. The molecule has 6 aromatic carbocycles. The number of para-hydroxylation sites is 1. The zero-order valence-corrected chi connectivity index (χ0v) is 21.8. The van der Waals surface area contributed by atoms with Crippen molar-refractivity contribution in [2.45, 2.75) is 6.54 Å². The van der Waals surface area contributed by atoms with Crippen LogP contribution in [0.4, 0.5) is 0 Å². The number of aldehydes is 1. The van der Waals surface area contributed by atoms with E-state index in [2.05, 4.69) is 114 Å². The molecule has 0 bridgehead atoms. The fraction of sp³-hybridized carbons (Fsp3) is 0.0286. The van der Waals surface area contributed by atoms with Gasteiger partial charge in [0, 0.05) is 21.7 Å². The van der Waals surface area contributed by atoms with E-state index in [0.717, 1.165) is 44.4 Å². The van der Waals surface area contributed by atoms with Crippen molar-refractivity contribution in [1.82, 2.24) is 9.55 Å². The third-order valence-corrected chi connectivity index (χ3v) is 8.83. The summed E-state index contributed by atoms with van der Waals surface area (Å²) < 4.78 is 3.37. The quantitative estimate of drug-likeness (QED) is 0.218. The van der Waals surface area contributed by atoms with Crippen LogP contribution in [0.2, 0.25) is 0 Å². The van der Waals surface area contributed by atoms with Crippen molar-refractivity contribution < 1.29 is 4.79 Å². The molecular weight excluding hydrogens is 496 g/mol. The molecule has 184 valence electrons.